The Labute approximate surface area is 185 Å². The molecule has 0 spiro atoms. The number of aromatic hydroxyl groups is 1. The highest BCUT2D eigenvalue weighted by molar-refractivity contribution is 6.51. The number of aryl methyl sites for hydroxylation is 3. The molecule has 1 unspecified atom stereocenters. The maximum atomic E-state index is 13.2. The van der Waals surface area contributed by atoms with E-state index in [2.05, 4.69) is 0 Å². The Morgan fingerprint density at radius 2 is 1.81 bits per heavy atom. The third-order valence-electron chi connectivity index (χ3n) is 5.64. The summed E-state index contributed by atoms with van der Waals surface area (Å²) in [5.41, 5.74) is 2.69. The highest BCUT2D eigenvalue weighted by Gasteiger charge is 2.49. The zero-order valence-corrected chi connectivity index (χ0v) is 18.2. The van der Waals surface area contributed by atoms with Gasteiger partial charge >= 0.3 is 0 Å². The molecular weight excluding hydrogens is 410 g/mol. The third-order valence-corrected chi connectivity index (χ3v) is 5.64. The van der Waals surface area contributed by atoms with E-state index in [0.29, 0.717) is 16.9 Å². The number of methoxy groups -OCH3 is 1. The van der Waals surface area contributed by atoms with Crippen LogP contribution < -0.4 is 9.64 Å². The van der Waals surface area contributed by atoms with Crippen LogP contribution in [0, 0.1) is 20.8 Å². The quantitative estimate of drug-likeness (QED) is 0.356. The highest BCUT2D eigenvalue weighted by Crippen LogP contribution is 2.45. The normalized spacial score (nSPS) is 17.8. The van der Waals surface area contributed by atoms with Gasteiger partial charge in [0.25, 0.3) is 11.7 Å². The molecule has 32 heavy (non-hydrogen) atoms. The lowest BCUT2D eigenvalue weighted by Crippen LogP contribution is -2.29. The second kappa shape index (κ2) is 7.92. The molecule has 2 heterocycles. The number of furan rings is 1. The number of aliphatic hydroxyl groups excluding tert-OH is 1. The first-order valence-electron chi connectivity index (χ1n) is 10.0. The number of hydrogen-bond acceptors (Lipinski definition) is 6. The molecule has 1 saturated heterocycles. The van der Waals surface area contributed by atoms with Crippen molar-refractivity contribution < 1.29 is 29.0 Å². The summed E-state index contributed by atoms with van der Waals surface area (Å²) in [5, 5.41) is 21.7. The fraction of sp³-hybridized carbons (Fsp3) is 0.200. The average molecular weight is 433 g/mol. The van der Waals surface area contributed by atoms with Crippen LogP contribution in [0.5, 0.6) is 11.5 Å². The first-order valence-corrected chi connectivity index (χ1v) is 10.0. The van der Waals surface area contributed by atoms with Crippen molar-refractivity contribution >= 4 is 23.1 Å². The predicted molar refractivity (Wildman–Crippen MR) is 119 cm³/mol. The van der Waals surface area contributed by atoms with E-state index in [9.17, 15) is 19.8 Å². The molecule has 164 valence electrons. The van der Waals surface area contributed by atoms with Crippen molar-refractivity contribution in [2.24, 2.45) is 0 Å². The van der Waals surface area contributed by atoms with Gasteiger partial charge in [-0.25, -0.2) is 0 Å². The first kappa shape index (κ1) is 21.2. The fourth-order valence-corrected chi connectivity index (χ4v) is 4.03. The largest absolute Gasteiger partial charge is 0.507 e. The summed E-state index contributed by atoms with van der Waals surface area (Å²) in [5.74, 6) is -1.27. The van der Waals surface area contributed by atoms with Crippen molar-refractivity contribution in [1.29, 1.82) is 0 Å². The average Bonchev–Trinajstić information content (AvgIpc) is 3.38. The molecule has 0 saturated carbocycles. The van der Waals surface area contributed by atoms with Crippen LogP contribution in [0.25, 0.3) is 5.76 Å². The number of aliphatic hydroxyl groups is 1. The van der Waals surface area contributed by atoms with Gasteiger partial charge in [0.1, 0.15) is 29.1 Å². The minimum atomic E-state index is -1.04. The molecule has 7 nitrogen and oxygen atoms in total. The van der Waals surface area contributed by atoms with E-state index in [-0.39, 0.29) is 28.5 Å². The first-order chi connectivity index (χ1) is 15.2. The highest BCUT2D eigenvalue weighted by atomic mass is 16.5. The molecule has 1 aromatic heterocycles. The van der Waals surface area contributed by atoms with Gasteiger partial charge in [0, 0.05) is 5.56 Å². The maximum Gasteiger partial charge on any atom is 0.300 e. The zero-order chi connectivity index (χ0) is 23.2. The van der Waals surface area contributed by atoms with Gasteiger partial charge in [-0.1, -0.05) is 6.07 Å². The van der Waals surface area contributed by atoms with Crippen molar-refractivity contribution in [3.05, 3.63) is 82.3 Å². The Hall–Kier alpha value is -4.00. The van der Waals surface area contributed by atoms with E-state index < -0.39 is 17.7 Å². The van der Waals surface area contributed by atoms with E-state index in [0.717, 1.165) is 11.1 Å². The monoisotopic (exact) mass is 433 g/mol. The Balaban J connectivity index is 1.98. The lowest BCUT2D eigenvalue weighted by Gasteiger charge is -2.24. The number of carbonyl (C=O) groups excluding carboxylic acids is 2. The van der Waals surface area contributed by atoms with Crippen LogP contribution in [0.3, 0.4) is 0 Å². The molecule has 2 N–H and O–H groups in total. The number of hydrogen-bond donors (Lipinski definition) is 2. The van der Waals surface area contributed by atoms with Crippen molar-refractivity contribution in [3.8, 4) is 11.5 Å². The number of carbonyl (C=O) groups is 2. The number of rotatable bonds is 4. The number of nitrogens with zero attached hydrogens (tertiary/aromatic N) is 1. The lowest BCUT2D eigenvalue weighted by atomic mass is 9.95. The van der Waals surface area contributed by atoms with Gasteiger partial charge in [-0.05, 0) is 73.9 Å². The van der Waals surface area contributed by atoms with Crippen LogP contribution in [0.4, 0.5) is 5.69 Å². The molecule has 1 fully saturated rings. The van der Waals surface area contributed by atoms with Gasteiger partial charge in [-0.2, -0.15) is 0 Å². The minimum Gasteiger partial charge on any atom is -0.507 e. The van der Waals surface area contributed by atoms with Crippen LogP contribution in [-0.2, 0) is 9.59 Å². The van der Waals surface area contributed by atoms with Crippen LogP contribution in [0.15, 0.2) is 58.7 Å². The number of ketones is 1. The Morgan fingerprint density at radius 1 is 1.06 bits per heavy atom. The van der Waals surface area contributed by atoms with E-state index in [4.69, 9.17) is 9.15 Å². The Bertz CT molecular complexity index is 1260. The second-order valence-corrected chi connectivity index (χ2v) is 7.81. The molecular formula is C25H23NO6. The second-order valence-electron chi connectivity index (χ2n) is 7.81. The topological polar surface area (TPSA) is 100 Å². The number of anilines is 1. The minimum absolute atomic E-state index is 0.112. The number of amides is 1. The predicted octanol–water partition coefficient (Wildman–Crippen LogP) is 4.55. The van der Waals surface area contributed by atoms with Crippen LogP contribution >= 0.6 is 0 Å². The molecule has 7 heteroatoms. The van der Waals surface area contributed by atoms with E-state index >= 15 is 0 Å². The number of benzene rings is 2. The van der Waals surface area contributed by atoms with Crippen LogP contribution in [0.2, 0.25) is 0 Å². The van der Waals surface area contributed by atoms with E-state index in [1.54, 1.807) is 50.4 Å². The van der Waals surface area contributed by atoms with Gasteiger partial charge in [0.15, 0.2) is 0 Å². The van der Waals surface area contributed by atoms with E-state index in [1.807, 2.05) is 13.8 Å². The molecule has 0 radical (unpaired) electrons. The van der Waals surface area contributed by atoms with Gasteiger partial charge in [-0.3, -0.25) is 14.5 Å². The lowest BCUT2D eigenvalue weighted by molar-refractivity contribution is -0.132. The summed E-state index contributed by atoms with van der Waals surface area (Å²) in [6.45, 7) is 5.41. The molecule has 4 rings (SSSR count). The summed E-state index contributed by atoms with van der Waals surface area (Å²) in [7, 11) is 1.55. The summed E-state index contributed by atoms with van der Waals surface area (Å²) in [6.07, 6.45) is 1.42. The SMILES string of the molecule is COc1cc(C)c(/C(O)=C2/C(=O)C(=O)N(c3cc(C)ccc3O)C2c2ccco2)cc1C. The summed E-state index contributed by atoms with van der Waals surface area (Å²) in [6, 6.07) is 10.4. The maximum absolute atomic E-state index is 13.2. The smallest absolute Gasteiger partial charge is 0.300 e. The summed E-state index contributed by atoms with van der Waals surface area (Å²) >= 11 is 0. The fourth-order valence-electron chi connectivity index (χ4n) is 4.03. The third kappa shape index (κ3) is 3.32. The molecule has 2 aromatic carbocycles. The van der Waals surface area contributed by atoms with Gasteiger partial charge in [0.05, 0.1) is 24.6 Å². The van der Waals surface area contributed by atoms with Crippen molar-refractivity contribution in [3.63, 3.8) is 0 Å². The molecule has 1 aliphatic heterocycles. The molecule has 1 amide bonds. The molecule has 3 aromatic rings. The summed E-state index contributed by atoms with van der Waals surface area (Å²) < 4.78 is 10.9. The Morgan fingerprint density at radius 3 is 2.47 bits per heavy atom. The number of Topliss-reactive ketones (excluding diaryl/α,β-unsaturated/α-hetero) is 1. The summed E-state index contributed by atoms with van der Waals surface area (Å²) in [4.78, 5) is 27.5. The van der Waals surface area contributed by atoms with Crippen LogP contribution in [0.1, 0.15) is 34.1 Å². The number of phenols is 1. The van der Waals surface area contributed by atoms with Gasteiger partial charge in [-0.15, -0.1) is 0 Å². The van der Waals surface area contributed by atoms with E-state index in [1.165, 1.54) is 17.2 Å². The standard InChI is InChI=1S/C25H23NO6/c1-13-7-8-18(27)17(10-13)26-22(19-6-5-9-32-19)21(24(29)25(26)30)23(28)16-11-15(3)20(31-4)12-14(16)2/h5-12,22,27-28H,1-4H3/b23-21-. The molecule has 1 atom stereocenters. The van der Waals surface area contributed by atoms with Gasteiger partial charge in [0.2, 0.25) is 0 Å². The number of ether oxygens (including phenoxy) is 1. The van der Waals surface area contributed by atoms with Crippen molar-refractivity contribution in [1.82, 2.24) is 0 Å². The van der Waals surface area contributed by atoms with Gasteiger partial charge < -0.3 is 19.4 Å². The molecule has 0 aliphatic carbocycles. The van der Waals surface area contributed by atoms with Crippen molar-refractivity contribution in [2.45, 2.75) is 26.8 Å². The number of phenolic OH excluding ortho intramolecular Hbond substituents is 1. The Kier molecular flexibility index (Phi) is 5.26. The van der Waals surface area contributed by atoms with Crippen LogP contribution in [-0.4, -0.2) is 29.0 Å². The van der Waals surface area contributed by atoms with Crippen molar-refractivity contribution in [2.75, 3.05) is 12.0 Å². The molecule has 0 bridgehead atoms. The zero-order valence-electron chi connectivity index (χ0n) is 18.2. The molecule has 1 aliphatic rings.